The highest BCUT2D eigenvalue weighted by Gasteiger charge is 2.36. The second-order valence-corrected chi connectivity index (χ2v) is 11.4. The fraction of sp³-hybridized carbons (Fsp3) is 0.314. The lowest BCUT2D eigenvalue weighted by molar-refractivity contribution is -0.137. The first-order valence-corrected chi connectivity index (χ1v) is 15.6. The van der Waals surface area contributed by atoms with Gasteiger partial charge in [0.05, 0.1) is 5.56 Å². The van der Waals surface area contributed by atoms with Crippen LogP contribution in [0.25, 0.3) is 0 Å². The molecule has 2 heterocycles. The lowest BCUT2D eigenvalue weighted by Gasteiger charge is -2.35. The summed E-state index contributed by atoms with van der Waals surface area (Å²) in [4.78, 5) is 43.4. The number of hydrogen-bond acceptors (Lipinski definition) is 7. The van der Waals surface area contributed by atoms with Crippen molar-refractivity contribution in [1.82, 2.24) is 10.3 Å². The number of alkyl halides is 3. The number of carbonyl (C=O) groups is 2. The van der Waals surface area contributed by atoms with Gasteiger partial charge in [0, 0.05) is 74.6 Å². The summed E-state index contributed by atoms with van der Waals surface area (Å²) in [6, 6.07) is 11.9. The minimum atomic E-state index is -4.65. The van der Waals surface area contributed by atoms with Gasteiger partial charge in [-0.1, -0.05) is 6.07 Å². The largest absolute Gasteiger partial charge is 0.439 e. The molecule has 0 radical (unpaired) electrons. The first-order valence-electron chi connectivity index (χ1n) is 15.6. The molecule has 0 unspecified atom stereocenters. The maximum atomic E-state index is 14.3. The van der Waals surface area contributed by atoms with Gasteiger partial charge in [-0.2, -0.15) is 18.2 Å². The average molecular weight is 677 g/mol. The third kappa shape index (κ3) is 10.2. The molecule has 1 aliphatic heterocycles. The van der Waals surface area contributed by atoms with E-state index in [1.165, 1.54) is 37.4 Å². The minimum absolute atomic E-state index is 0.0109. The second kappa shape index (κ2) is 16.5. The number of anilines is 2. The van der Waals surface area contributed by atoms with E-state index in [1.807, 2.05) is 0 Å². The Morgan fingerprint density at radius 1 is 1.08 bits per heavy atom. The van der Waals surface area contributed by atoms with Crippen molar-refractivity contribution in [2.24, 2.45) is 26.6 Å². The van der Waals surface area contributed by atoms with Gasteiger partial charge in [0.2, 0.25) is 11.8 Å². The van der Waals surface area contributed by atoms with Crippen LogP contribution < -0.4 is 26.0 Å². The van der Waals surface area contributed by atoms with Gasteiger partial charge < -0.3 is 26.0 Å². The van der Waals surface area contributed by atoms with Crippen molar-refractivity contribution in [1.29, 1.82) is 0 Å². The van der Waals surface area contributed by atoms with Crippen LogP contribution in [-0.4, -0.2) is 61.0 Å². The molecule has 258 valence electrons. The number of ether oxygens (including phenoxy) is 1. The van der Waals surface area contributed by atoms with E-state index in [-0.39, 0.29) is 46.2 Å². The summed E-state index contributed by atoms with van der Waals surface area (Å²) in [6.45, 7) is 6.24. The molecule has 0 aliphatic carbocycles. The van der Waals surface area contributed by atoms with Gasteiger partial charge in [-0.15, -0.1) is 0 Å². The summed E-state index contributed by atoms with van der Waals surface area (Å²) in [5.41, 5.74) is 6.26. The smallest absolute Gasteiger partial charge is 0.418 e. The molecule has 0 saturated carbocycles. The van der Waals surface area contributed by atoms with Crippen LogP contribution in [-0.2, 0) is 11.0 Å². The van der Waals surface area contributed by atoms with Crippen LogP contribution in [0.5, 0.6) is 5.75 Å². The zero-order valence-electron chi connectivity index (χ0n) is 27.7. The lowest BCUT2D eigenvalue weighted by atomic mass is 9.95. The number of benzene rings is 2. The molecule has 11 nitrogen and oxygen atoms in total. The zero-order chi connectivity index (χ0) is 35.6. The summed E-state index contributed by atoms with van der Waals surface area (Å²) in [6.07, 6.45) is 2.49. The van der Waals surface area contributed by atoms with Crippen LogP contribution in [0, 0.1) is 12.8 Å². The number of hydrogen-bond donors (Lipinski definition) is 3. The molecule has 0 atom stereocenters. The topological polar surface area (TPSA) is 147 Å². The number of aryl methyl sites for hydroxylation is 1. The fourth-order valence-corrected chi connectivity index (χ4v) is 5.08. The van der Waals surface area contributed by atoms with Gasteiger partial charge in [0.1, 0.15) is 11.6 Å². The average Bonchev–Trinajstić information content (AvgIpc) is 3.08. The number of piperidine rings is 1. The number of carbonyl (C=O) groups excluding carboxylic acids is 2. The van der Waals surface area contributed by atoms with E-state index in [1.54, 1.807) is 62.5 Å². The molecular formula is C35H39F3N8O3. The number of aromatic nitrogens is 1. The van der Waals surface area contributed by atoms with E-state index >= 15 is 0 Å². The number of nitrogens with two attached hydrogens (primary N) is 1. The number of aliphatic imine (C=N–C) groups is 3. The molecule has 2 amide bonds. The Balaban J connectivity index is 1.55. The number of nitrogens with one attached hydrogen (secondary N) is 2. The van der Waals surface area contributed by atoms with Crippen molar-refractivity contribution < 1.29 is 27.5 Å². The number of halogens is 3. The molecule has 49 heavy (non-hydrogen) atoms. The zero-order valence-corrected chi connectivity index (χ0v) is 27.7. The molecule has 2 aromatic carbocycles. The van der Waals surface area contributed by atoms with Crippen LogP contribution >= 0.6 is 0 Å². The molecule has 1 aliphatic rings. The molecule has 1 aromatic heterocycles. The van der Waals surface area contributed by atoms with Gasteiger partial charge in [0.25, 0.3) is 5.91 Å². The van der Waals surface area contributed by atoms with E-state index < -0.39 is 17.6 Å². The maximum Gasteiger partial charge on any atom is 0.418 e. The summed E-state index contributed by atoms with van der Waals surface area (Å²) in [5.74, 6) is 0.465. The van der Waals surface area contributed by atoms with E-state index in [0.29, 0.717) is 49.4 Å². The molecule has 4 N–H and O–H groups in total. The molecule has 1 saturated heterocycles. The van der Waals surface area contributed by atoms with Crippen molar-refractivity contribution in [3.05, 3.63) is 95.5 Å². The van der Waals surface area contributed by atoms with Crippen molar-refractivity contribution in [3.63, 3.8) is 0 Å². The predicted octanol–water partition coefficient (Wildman–Crippen LogP) is 5.76. The third-order valence-corrected chi connectivity index (χ3v) is 7.79. The molecule has 4 rings (SSSR count). The second-order valence-electron chi connectivity index (χ2n) is 11.4. The molecule has 0 spiro atoms. The third-order valence-electron chi connectivity index (χ3n) is 7.79. The number of amidine groups is 2. The summed E-state index contributed by atoms with van der Waals surface area (Å²) in [7, 11) is 1.60. The molecule has 14 heteroatoms. The van der Waals surface area contributed by atoms with Gasteiger partial charge in [-0.25, -0.2) is 4.99 Å². The van der Waals surface area contributed by atoms with Crippen molar-refractivity contribution in [3.8, 4) is 5.75 Å². The number of pyridine rings is 1. The number of nitrogens with zero attached hydrogens (tertiary/aromatic N) is 5. The fourth-order valence-electron chi connectivity index (χ4n) is 5.08. The summed E-state index contributed by atoms with van der Waals surface area (Å²) >= 11 is 0. The minimum Gasteiger partial charge on any atom is -0.439 e. The molecule has 1 fully saturated rings. The Labute approximate surface area is 282 Å². The van der Waals surface area contributed by atoms with Gasteiger partial charge in [-0.05, 0) is 86.8 Å². The normalized spacial score (nSPS) is 15.0. The van der Waals surface area contributed by atoms with Gasteiger partial charge in [0.15, 0.2) is 5.84 Å². The Bertz CT molecular complexity index is 1760. The first-order chi connectivity index (χ1) is 23.4. The predicted molar refractivity (Wildman–Crippen MR) is 185 cm³/mol. The lowest BCUT2D eigenvalue weighted by Crippen LogP contribution is -2.39. The summed E-state index contributed by atoms with van der Waals surface area (Å²) < 4.78 is 48.8. The quantitative estimate of drug-likeness (QED) is 0.204. The molecule has 0 bridgehead atoms. The van der Waals surface area contributed by atoms with E-state index in [9.17, 15) is 22.8 Å². The Kier molecular flexibility index (Phi) is 12.2. The highest BCUT2D eigenvalue weighted by molar-refractivity contribution is 6.12. The number of amides is 2. The SMILES string of the molecule is CN=C(C)N=C(N=C(C=CN)Oc1cc(C(=O)Nc2ccc(N3CCC(CNC(C)=O)CC3)c(C(F)(F)F)c2)ccc1C)c1cccnc1. The van der Waals surface area contributed by atoms with Crippen LogP contribution in [0.1, 0.15) is 53.7 Å². The van der Waals surface area contributed by atoms with E-state index in [2.05, 4.69) is 30.6 Å². The van der Waals surface area contributed by atoms with Crippen LogP contribution in [0.15, 0.2) is 88.2 Å². The maximum absolute atomic E-state index is 14.3. The van der Waals surface area contributed by atoms with Crippen LogP contribution in [0.2, 0.25) is 0 Å². The van der Waals surface area contributed by atoms with Crippen molar-refractivity contribution in [2.75, 3.05) is 36.9 Å². The highest BCUT2D eigenvalue weighted by atomic mass is 19.4. The number of rotatable bonds is 8. The standard InChI is InChI=1S/C35H39F3N8O3/c1-22-7-8-26(18-31(22)49-32(11-14-39)45-33(43-23(2)40-4)27-6-5-15-41-21-27)34(48)44-28-9-10-30(29(19-28)35(36,37)38)46-16-12-25(13-17-46)20-42-24(3)47/h5-11,14-15,18-19,21,25H,12-13,16-17,20,39H2,1-4H3,(H,42,47)(H,44,48). The monoisotopic (exact) mass is 676 g/mol. The Morgan fingerprint density at radius 2 is 1.84 bits per heavy atom. The van der Waals surface area contributed by atoms with Crippen LogP contribution in [0.4, 0.5) is 24.5 Å². The Hall–Kier alpha value is -5.53. The molecule has 3 aromatic rings. The van der Waals surface area contributed by atoms with Crippen LogP contribution in [0.3, 0.4) is 0 Å². The highest BCUT2D eigenvalue weighted by Crippen LogP contribution is 2.39. The van der Waals surface area contributed by atoms with Gasteiger partial charge in [-0.3, -0.25) is 19.6 Å². The Morgan fingerprint density at radius 3 is 2.47 bits per heavy atom. The van der Waals surface area contributed by atoms with E-state index in [0.717, 1.165) is 6.07 Å². The van der Waals surface area contributed by atoms with Gasteiger partial charge >= 0.3 is 6.18 Å². The first kappa shape index (κ1) is 36.3. The molecular weight excluding hydrogens is 637 g/mol. The summed E-state index contributed by atoms with van der Waals surface area (Å²) in [5, 5.41) is 5.36. The van der Waals surface area contributed by atoms with Crippen molar-refractivity contribution >= 4 is 40.8 Å². The van der Waals surface area contributed by atoms with Crippen molar-refractivity contribution in [2.45, 2.75) is 39.8 Å². The van der Waals surface area contributed by atoms with E-state index in [4.69, 9.17) is 10.5 Å².